The summed E-state index contributed by atoms with van der Waals surface area (Å²) >= 11 is 5.24. The number of halogens is 1. The Hall–Kier alpha value is -3.10. The first-order valence-electron chi connectivity index (χ1n) is 7.45. The second kappa shape index (κ2) is 9.40. The van der Waals surface area contributed by atoms with Gasteiger partial charge in [-0.05, 0) is 11.1 Å². The smallest absolute Gasteiger partial charge is 0.442 e. The number of ether oxygens (including phenoxy) is 1. The van der Waals surface area contributed by atoms with Gasteiger partial charge in [-0.25, -0.2) is 15.4 Å². The minimum Gasteiger partial charge on any atom is -0.442 e. The van der Waals surface area contributed by atoms with Crippen molar-refractivity contribution >= 4 is 29.0 Å². The van der Waals surface area contributed by atoms with Crippen molar-refractivity contribution in [3.8, 4) is 0 Å². The molecule has 26 heavy (non-hydrogen) atoms. The third kappa shape index (κ3) is 5.20. The fraction of sp³-hybridized carbons (Fsp3) is 0.118. The van der Waals surface area contributed by atoms with Gasteiger partial charge in [-0.1, -0.05) is 60.7 Å². The lowest BCUT2D eigenvalue weighted by atomic mass is 10.1. The minimum absolute atomic E-state index is 0.0955. The number of carbonyl (C=O) groups is 3. The monoisotopic (exact) mass is 377 g/mol. The SMILES string of the molecule is NNC(=O)[C@@H](c1ccccc1)N(OC(=O)Cl)C(=O)OCc1ccccc1. The average Bonchev–Trinajstić information content (AvgIpc) is 2.66. The first-order chi connectivity index (χ1) is 12.5. The fourth-order valence-corrected chi connectivity index (χ4v) is 2.24. The molecule has 0 aromatic heterocycles. The van der Waals surface area contributed by atoms with Crippen LogP contribution in [0.25, 0.3) is 0 Å². The Bertz CT molecular complexity index is 758. The molecule has 8 nitrogen and oxygen atoms in total. The zero-order valence-electron chi connectivity index (χ0n) is 13.5. The molecule has 3 N–H and O–H groups in total. The van der Waals surface area contributed by atoms with Gasteiger partial charge < -0.3 is 9.57 Å². The van der Waals surface area contributed by atoms with E-state index in [9.17, 15) is 14.4 Å². The topological polar surface area (TPSA) is 111 Å². The second-order valence-electron chi connectivity index (χ2n) is 5.02. The summed E-state index contributed by atoms with van der Waals surface area (Å²) in [6.45, 7) is -0.0955. The first-order valence-corrected chi connectivity index (χ1v) is 7.83. The largest absolute Gasteiger partial charge is 0.444 e. The Balaban J connectivity index is 2.25. The molecule has 0 aliphatic heterocycles. The van der Waals surface area contributed by atoms with E-state index in [1.165, 1.54) is 0 Å². The Morgan fingerprint density at radius 2 is 1.62 bits per heavy atom. The molecule has 2 rings (SSSR count). The number of benzene rings is 2. The lowest BCUT2D eigenvalue weighted by molar-refractivity contribution is -0.145. The molecule has 2 aromatic carbocycles. The van der Waals surface area contributed by atoms with Crippen LogP contribution in [0.4, 0.5) is 9.59 Å². The summed E-state index contributed by atoms with van der Waals surface area (Å²) in [4.78, 5) is 40.5. The van der Waals surface area contributed by atoms with Gasteiger partial charge in [-0.3, -0.25) is 10.2 Å². The predicted molar refractivity (Wildman–Crippen MR) is 92.3 cm³/mol. The number of rotatable bonds is 5. The Kier molecular flexibility index (Phi) is 6.95. The molecule has 0 radical (unpaired) electrons. The maximum atomic E-state index is 12.4. The van der Waals surface area contributed by atoms with Crippen LogP contribution in [0.15, 0.2) is 60.7 Å². The third-order valence-corrected chi connectivity index (χ3v) is 3.36. The zero-order chi connectivity index (χ0) is 18.9. The Labute approximate surface area is 154 Å². The Morgan fingerprint density at radius 1 is 1.04 bits per heavy atom. The molecule has 0 heterocycles. The van der Waals surface area contributed by atoms with Crippen molar-refractivity contribution in [3.05, 3.63) is 71.8 Å². The van der Waals surface area contributed by atoms with Gasteiger partial charge >= 0.3 is 11.5 Å². The van der Waals surface area contributed by atoms with Crippen LogP contribution in [0.3, 0.4) is 0 Å². The molecule has 0 fully saturated rings. The molecule has 136 valence electrons. The van der Waals surface area contributed by atoms with Gasteiger partial charge in [0, 0.05) is 11.6 Å². The zero-order valence-corrected chi connectivity index (χ0v) is 14.3. The van der Waals surface area contributed by atoms with Crippen molar-refractivity contribution < 1.29 is 24.0 Å². The van der Waals surface area contributed by atoms with Crippen LogP contribution in [-0.2, 0) is 21.0 Å². The maximum Gasteiger partial charge on any atom is 0.444 e. The molecule has 0 aliphatic rings. The molecule has 0 saturated heterocycles. The van der Waals surface area contributed by atoms with Gasteiger partial charge in [0.25, 0.3) is 5.91 Å². The highest BCUT2D eigenvalue weighted by Crippen LogP contribution is 2.23. The average molecular weight is 378 g/mol. The number of amides is 2. The minimum atomic E-state index is -1.38. The molecule has 1 atom stereocenters. The molecule has 9 heteroatoms. The number of hydrogen-bond donors (Lipinski definition) is 2. The number of hydrogen-bond acceptors (Lipinski definition) is 6. The second-order valence-corrected chi connectivity index (χ2v) is 5.33. The predicted octanol–water partition coefficient (Wildman–Crippen LogP) is 2.65. The van der Waals surface area contributed by atoms with E-state index in [0.717, 1.165) is 0 Å². The van der Waals surface area contributed by atoms with Crippen molar-refractivity contribution in [2.24, 2.45) is 5.84 Å². The highest BCUT2D eigenvalue weighted by atomic mass is 35.5. The molecule has 2 amide bonds. The lowest BCUT2D eigenvalue weighted by Gasteiger charge is -2.27. The molecule has 0 spiro atoms. The number of carbonyl (C=O) groups excluding carboxylic acids is 3. The van der Waals surface area contributed by atoms with Crippen LogP contribution in [0.2, 0.25) is 0 Å². The van der Waals surface area contributed by atoms with Crippen molar-refractivity contribution in [3.63, 3.8) is 0 Å². The number of nitrogens with zero attached hydrogens (tertiary/aromatic N) is 1. The quantitative estimate of drug-likeness (QED) is 0.358. The number of nitrogens with one attached hydrogen (secondary N) is 1. The van der Waals surface area contributed by atoms with E-state index in [2.05, 4.69) is 0 Å². The summed E-state index contributed by atoms with van der Waals surface area (Å²) in [5, 5.41) is 0.440. The number of nitrogens with two attached hydrogens (primary N) is 1. The summed E-state index contributed by atoms with van der Waals surface area (Å²) in [5.41, 5.74) is 1.65. The van der Waals surface area contributed by atoms with Crippen molar-refractivity contribution in [1.29, 1.82) is 0 Å². The number of hydroxylamine groups is 2. The van der Waals surface area contributed by atoms with Gasteiger partial charge in [-0.2, -0.15) is 0 Å². The summed E-state index contributed by atoms with van der Waals surface area (Å²) < 4.78 is 5.12. The fourth-order valence-electron chi connectivity index (χ4n) is 2.16. The maximum absolute atomic E-state index is 12.4. The molecular weight excluding hydrogens is 362 g/mol. The standard InChI is InChI=1S/C17H16ClN3O5/c18-16(23)26-21(17(24)25-11-12-7-3-1-4-8-12)14(15(22)20-19)13-9-5-2-6-10-13/h1-10,14H,11,19H2,(H,20,22)/t14-/m1/s1. The van der Waals surface area contributed by atoms with E-state index in [-0.39, 0.29) is 6.61 Å². The van der Waals surface area contributed by atoms with Gasteiger partial charge in [0.05, 0.1) is 0 Å². The Morgan fingerprint density at radius 3 is 2.15 bits per heavy atom. The van der Waals surface area contributed by atoms with Crippen LogP contribution in [-0.4, -0.2) is 22.5 Å². The van der Waals surface area contributed by atoms with Gasteiger partial charge in [0.15, 0.2) is 6.04 Å². The highest BCUT2D eigenvalue weighted by molar-refractivity contribution is 6.61. The molecule has 0 aliphatic carbocycles. The molecule has 0 unspecified atom stereocenters. The van der Waals surface area contributed by atoms with Crippen molar-refractivity contribution in [1.82, 2.24) is 10.5 Å². The summed E-state index contributed by atoms with van der Waals surface area (Å²) in [6, 6.07) is 15.6. The summed E-state index contributed by atoms with van der Waals surface area (Å²) in [5.74, 6) is 4.39. The first kappa shape index (κ1) is 19.2. The van der Waals surface area contributed by atoms with Gasteiger partial charge in [-0.15, -0.1) is 5.06 Å². The van der Waals surface area contributed by atoms with Crippen LogP contribution < -0.4 is 11.3 Å². The van der Waals surface area contributed by atoms with Crippen molar-refractivity contribution in [2.75, 3.05) is 0 Å². The van der Waals surface area contributed by atoms with E-state index in [0.29, 0.717) is 16.2 Å². The van der Waals surface area contributed by atoms with Gasteiger partial charge in [0.1, 0.15) is 6.61 Å². The van der Waals surface area contributed by atoms with E-state index >= 15 is 0 Å². The van der Waals surface area contributed by atoms with E-state index < -0.39 is 23.5 Å². The van der Waals surface area contributed by atoms with Crippen LogP contribution in [0.5, 0.6) is 0 Å². The summed E-state index contributed by atoms with van der Waals surface area (Å²) in [7, 11) is 0. The van der Waals surface area contributed by atoms with Crippen molar-refractivity contribution in [2.45, 2.75) is 12.6 Å². The molecule has 2 aromatic rings. The number of hydrazine groups is 1. The van der Waals surface area contributed by atoms with Gasteiger partial charge in [0.2, 0.25) is 0 Å². The van der Waals surface area contributed by atoms with E-state index in [1.807, 2.05) is 11.5 Å². The molecular formula is C17H16ClN3O5. The lowest BCUT2D eigenvalue weighted by Crippen LogP contribution is -2.46. The normalized spacial score (nSPS) is 11.2. The highest BCUT2D eigenvalue weighted by Gasteiger charge is 2.35. The van der Waals surface area contributed by atoms with Crippen LogP contribution in [0, 0.1) is 0 Å². The molecule has 0 saturated carbocycles. The van der Waals surface area contributed by atoms with E-state index in [4.69, 9.17) is 27.0 Å². The molecule has 0 bridgehead atoms. The third-order valence-electron chi connectivity index (χ3n) is 3.30. The van der Waals surface area contributed by atoms with E-state index in [1.54, 1.807) is 54.6 Å². The van der Waals surface area contributed by atoms with Crippen LogP contribution in [0.1, 0.15) is 17.2 Å². The van der Waals surface area contributed by atoms with Crippen LogP contribution >= 0.6 is 11.6 Å². The summed E-state index contributed by atoms with van der Waals surface area (Å²) in [6.07, 6.45) is -1.08.